The Morgan fingerprint density at radius 3 is 2.79 bits per heavy atom. The van der Waals surface area contributed by atoms with E-state index in [1.54, 1.807) is 11.9 Å². The Labute approximate surface area is 111 Å². The molecule has 0 saturated heterocycles. The molecule has 0 spiro atoms. The molecule has 19 heavy (non-hydrogen) atoms. The zero-order valence-electron chi connectivity index (χ0n) is 10.8. The number of aromatic nitrogens is 1. The van der Waals surface area contributed by atoms with Gasteiger partial charge in [0.1, 0.15) is 11.6 Å². The summed E-state index contributed by atoms with van der Waals surface area (Å²) >= 11 is 0. The van der Waals surface area contributed by atoms with Gasteiger partial charge in [-0.3, -0.25) is 10.1 Å². The SMILES string of the molecule is CN(c1cc([N+](=O)[O-])cc(N)n1)C1CCCCC1O. The first kappa shape index (κ1) is 13.5. The Balaban J connectivity index is 2.27. The van der Waals surface area contributed by atoms with Crippen molar-refractivity contribution in [3.63, 3.8) is 0 Å². The van der Waals surface area contributed by atoms with E-state index in [0.29, 0.717) is 5.82 Å². The Kier molecular flexibility index (Phi) is 3.84. The van der Waals surface area contributed by atoms with Crippen LogP contribution in [0.4, 0.5) is 17.3 Å². The lowest BCUT2D eigenvalue weighted by Gasteiger charge is -2.35. The van der Waals surface area contributed by atoms with E-state index in [0.717, 1.165) is 25.7 Å². The third kappa shape index (κ3) is 2.93. The minimum atomic E-state index is -0.493. The van der Waals surface area contributed by atoms with Crippen LogP contribution in [-0.2, 0) is 0 Å². The molecule has 1 saturated carbocycles. The fourth-order valence-corrected chi connectivity index (χ4v) is 2.52. The van der Waals surface area contributed by atoms with Gasteiger partial charge in [0.05, 0.1) is 29.2 Å². The summed E-state index contributed by atoms with van der Waals surface area (Å²) in [6.45, 7) is 0. The molecule has 104 valence electrons. The van der Waals surface area contributed by atoms with E-state index in [-0.39, 0.29) is 17.5 Å². The molecule has 1 aliphatic rings. The fraction of sp³-hybridized carbons (Fsp3) is 0.583. The first-order valence-electron chi connectivity index (χ1n) is 6.32. The first-order chi connectivity index (χ1) is 8.99. The number of nitrogen functional groups attached to an aromatic ring is 1. The minimum Gasteiger partial charge on any atom is -0.391 e. The average molecular weight is 266 g/mol. The van der Waals surface area contributed by atoms with Crippen LogP contribution in [0.1, 0.15) is 25.7 Å². The lowest BCUT2D eigenvalue weighted by molar-refractivity contribution is -0.384. The lowest BCUT2D eigenvalue weighted by Crippen LogP contribution is -2.43. The molecule has 0 amide bonds. The molecular weight excluding hydrogens is 248 g/mol. The van der Waals surface area contributed by atoms with Crippen LogP contribution in [0.3, 0.4) is 0 Å². The number of nitrogens with zero attached hydrogens (tertiary/aromatic N) is 3. The summed E-state index contributed by atoms with van der Waals surface area (Å²) in [5, 5.41) is 20.8. The Bertz CT molecular complexity index is 480. The van der Waals surface area contributed by atoms with Gasteiger partial charge in [-0.2, -0.15) is 0 Å². The van der Waals surface area contributed by atoms with Crippen molar-refractivity contribution >= 4 is 17.3 Å². The van der Waals surface area contributed by atoms with E-state index < -0.39 is 11.0 Å². The molecular formula is C12H18N4O3. The number of hydrogen-bond donors (Lipinski definition) is 2. The lowest BCUT2D eigenvalue weighted by atomic mass is 9.91. The molecule has 1 aromatic rings. The van der Waals surface area contributed by atoms with Crippen molar-refractivity contribution in [2.75, 3.05) is 17.7 Å². The van der Waals surface area contributed by atoms with Gasteiger partial charge in [0.25, 0.3) is 5.69 Å². The predicted octanol–water partition coefficient (Wildman–Crippen LogP) is 1.31. The van der Waals surface area contributed by atoms with Gasteiger partial charge in [-0.1, -0.05) is 12.8 Å². The molecule has 0 bridgehead atoms. The van der Waals surface area contributed by atoms with Crippen molar-refractivity contribution < 1.29 is 10.0 Å². The van der Waals surface area contributed by atoms with E-state index in [1.165, 1.54) is 12.1 Å². The summed E-state index contributed by atoms with van der Waals surface area (Å²) in [6, 6.07) is 2.55. The van der Waals surface area contributed by atoms with E-state index >= 15 is 0 Å². The number of aliphatic hydroxyl groups excluding tert-OH is 1. The van der Waals surface area contributed by atoms with Crippen molar-refractivity contribution in [3.05, 3.63) is 22.2 Å². The fourth-order valence-electron chi connectivity index (χ4n) is 2.52. The smallest absolute Gasteiger partial charge is 0.276 e. The Morgan fingerprint density at radius 2 is 2.16 bits per heavy atom. The van der Waals surface area contributed by atoms with Crippen molar-refractivity contribution in [1.29, 1.82) is 0 Å². The maximum absolute atomic E-state index is 10.8. The number of anilines is 2. The molecule has 2 unspecified atom stereocenters. The summed E-state index contributed by atoms with van der Waals surface area (Å²) in [5.74, 6) is 0.541. The summed E-state index contributed by atoms with van der Waals surface area (Å²) < 4.78 is 0. The van der Waals surface area contributed by atoms with E-state index in [1.807, 2.05) is 0 Å². The third-order valence-corrected chi connectivity index (χ3v) is 3.58. The number of pyridine rings is 1. The molecule has 7 nitrogen and oxygen atoms in total. The molecule has 0 aromatic carbocycles. The zero-order valence-corrected chi connectivity index (χ0v) is 10.8. The summed E-state index contributed by atoms with van der Waals surface area (Å²) in [5.41, 5.74) is 5.51. The van der Waals surface area contributed by atoms with Gasteiger partial charge < -0.3 is 15.7 Å². The second kappa shape index (κ2) is 5.40. The topological polar surface area (TPSA) is 106 Å². The highest BCUT2D eigenvalue weighted by Crippen LogP contribution is 2.28. The number of aliphatic hydroxyl groups is 1. The highest BCUT2D eigenvalue weighted by Gasteiger charge is 2.28. The van der Waals surface area contributed by atoms with Crippen molar-refractivity contribution in [2.24, 2.45) is 0 Å². The van der Waals surface area contributed by atoms with Gasteiger partial charge >= 0.3 is 0 Å². The third-order valence-electron chi connectivity index (χ3n) is 3.58. The van der Waals surface area contributed by atoms with E-state index in [4.69, 9.17) is 5.73 Å². The second-order valence-corrected chi connectivity index (χ2v) is 4.90. The average Bonchev–Trinajstić information content (AvgIpc) is 2.37. The monoisotopic (exact) mass is 266 g/mol. The summed E-state index contributed by atoms with van der Waals surface area (Å²) in [7, 11) is 1.78. The van der Waals surface area contributed by atoms with Crippen molar-refractivity contribution in [3.8, 4) is 0 Å². The van der Waals surface area contributed by atoms with Crippen LogP contribution in [0.5, 0.6) is 0 Å². The standard InChI is InChI=1S/C12H18N4O3/c1-15(9-4-2-3-5-10(9)17)12-7-8(16(18)19)6-11(13)14-12/h6-7,9-10,17H,2-5H2,1H3,(H2,13,14). The van der Waals surface area contributed by atoms with Gasteiger partial charge in [-0.05, 0) is 12.8 Å². The predicted molar refractivity (Wildman–Crippen MR) is 72.0 cm³/mol. The number of nitrogens with two attached hydrogens (primary N) is 1. The zero-order chi connectivity index (χ0) is 14.0. The molecule has 7 heteroatoms. The summed E-state index contributed by atoms with van der Waals surface area (Å²) in [6.07, 6.45) is 3.22. The number of likely N-dealkylation sites (N-methyl/N-ethyl adjacent to an activating group) is 1. The van der Waals surface area contributed by atoms with Crippen LogP contribution >= 0.6 is 0 Å². The van der Waals surface area contributed by atoms with Crippen LogP contribution in [0.25, 0.3) is 0 Å². The molecule has 1 aliphatic carbocycles. The van der Waals surface area contributed by atoms with Gasteiger partial charge in [-0.25, -0.2) is 4.98 Å². The van der Waals surface area contributed by atoms with Gasteiger partial charge in [0.15, 0.2) is 0 Å². The van der Waals surface area contributed by atoms with Gasteiger partial charge in [0.2, 0.25) is 0 Å². The molecule has 2 atom stereocenters. The number of nitro groups is 1. The molecule has 2 rings (SSSR count). The molecule has 1 heterocycles. The van der Waals surface area contributed by atoms with Crippen molar-refractivity contribution in [2.45, 2.75) is 37.8 Å². The van der Waals surface area contributed by atoms with Crippen LogP contribution in [0.15, 0.2) is 12.1 Å². The second-order valence-electron chi connectivity index (χ2n) is 4.90. The van der Waals surface area contributed by atoms with E-state index in [9.17, 15) is 15.2 Å². The van der Waals surface area contributed by atoms with Crippen LogP contribution < -0.4 is 10.6 Å². The first-order valence-corrected chi connectivity index (χ1v) is 6.32. The minimum absolute atomic E-state index is 0.0670. The molecule has 0 aliphatic heterocycles. The number of hydrogen-bond acceptors (Lipinski definition) is 6. The normalized spacial score (nSPS) is 23.1. The van der Waals surface area contributed by atoms with Gasteiger partial charge in [-0.15, -0.1) is 0 Å². The molecule has 1 fully saturated rings. The maximum atomic E-state index is 10.8. The van der Waals surface area contributed by atoms with E-state index in [2.05, 4.69) is 4.98 Å². The van der Waals surface area contributed by atoms with Crippen LogP contribution in [-0.4, -0.2) is 34.2 Å². The van der Waals surface area contributed by atoms with Crippen LogP contribution in [0.2, 0.25) is 0 Å². The maximum Gasteiger partial charge on any atom is 0.276 e. The Morgan fingerprint density at radius 1 is 1.47 bits per heavy atom. The summed E-state index contributed by atoms with van der Waals surface area (Å²) in [4.78, 5) is 16.2. The quantitative estimate of drug-likeness (QED) is 0.631. The highest BCUT2D eigenvalue weighted by molar-refractivity contribution is 5.54. The van der Waals surface area contributed by atoms with Gasteiger partial charge in [0, 0.05) is 7.05 Å². The van der Waals surface area contributed by atoms with Crippen LogP contribution in [0, 0.1) is 10.1 Å². The number of rotatable bonds is 3. The van der Waals surface area contributed by atoms with Crippen molar-refractivity contribution in [1.82, 2.24) is 4.98 Å². The Hall–Kier alpha value is -1.89. The molecule has 1 aromatic heterocycles. The highest BCUT2D eigenvalue weighted by atomic mass is 16.6. The molecule has 0 radical (unpaired) electrons. The largest absolute Gasteiger partial charge is 0.391 e. The molecule has 3 N–H and O–H groups in total.